The lowest BCUT2D eigenvalue weighted by atomic mass is 10.1. The predicted octanol–water partition coefficient (Wildman–Crippen LogP) is 1.35. The Hall–Kier alpha value is -1.26. The molecule has 84 valence electrons. The fourth-order valence-electron chi connectivity index (χ4n) is 1.47. The first kappa shape index (κ1) is 11.8. The number of ether oxygens (including phenoxy) is 3. The van der Waals surface area contributed by atoms with Gasteiger partial charge in [0.1, 0.15) is 0 Å². The predicted molar refractivity (Wildman–Crippen MR) is 58.4 cm³/mol. The summed E-state index contributed by atoms with van der Waals surface area (Å²) in [6.07, 6.45) is 0. The molecule has 0 saturated carbocycles. The molecule has 4 heteroatoms. The number of para-hydroxylation sites is 1. The van der Waals surface area contributed by atoms with Crippen LogP contribution in [0, 0.1) is 0 Å². The van der Waals surface area contributed by atoms with E-state index in [0.29, 0.717) is 18.1 Å². The SMILES string of the molecule is COCC(N)c1cccc(OC)c1OC. The van der Waals surface area contributed by atoms with Gasteiger partial charge in [-0.15, -0.1) is 0 Å². The van der Waals surface area contributed by atoms with Crippen LogP contribution in [0.2, 0.25) is 0 Å². The molecule has 0 radical (unpaired) electrons. The van der Waals surface area contributed by atoms with Crippen LogP contribution in [0.5, 0.6) is 11.5 Å². The molecule has 0 fully saturated rings. The maximum atomic E-state index is 5.94. The van der Waals surface area contributed by atoms with Gasteiger partial charge in [-0.1, -0.05) is 12.1 Å². The number of hydrogen-bond acceptors (Lipinski definition) is 4. The molecule has 2 N–H and O–H groups in total. The highest BCUT2D eigenvalue weighted by Gasteiger charge is 2.15. The molecule has 0 saturated heterocycles. The van der Waals surface area contributed by atoms with Crippen LogP contribution in [0.4, 0.5) is 0 Å². The first-order chi connectivity index (χ1) is 7.24. The normalized spacial score (nSPS) is 12.3. The Labute approximate surface area is 89.9 Å². The number of methoxy groups -OCH3 is 3. The van der Waals surface area contributed by atoms with Gasteiger partial charge >= 0.3 is 0 Å². The third kappa shape index (κ3) is 2.61. The summed E-state index contributed by atoms with van der Waals surface area (Å²) in [5.74, 6) is 1.35. The van der Waals surface area contributed by atoms with Crippen LogP contribution in [-0.2, 0) is 4.74 Å². The van der Waals surface area contributed by atoms with E-state index < -0.39 is 0 Å². The maximum absolute atomic E-state index is 5.94. The van der Waals surface area contributed by atoms with E-state index in [1.165, 1.54) is 0 Å². The molecule has 1 aromatic rings. The van der Waals surface area contributed by atoms with Crippen molar-refractivity contribution >= 4 is 0 Å². The van der Waals surface area contributed by atoms with Crippen molar-refractivity contribution in [1.82, 2.24) is 0 Å². The minimum absolute atomic E-state index is 0.208. The second kappa shape index (κ2) is 5.58. The zero-order valence-electron chi connectivity index (χ0n) is 9.32. The summed E-state index contributed by atoms with van der Waals surface area (Å²) in [4.78, 5) is 0. The summed E-state index contributed by atoms with van der Waals surface area (Å²) in [7, 11) is 4.82. The second-order valence-electron chi connectivity index (χ2n) is 3.14. The summed E-state index contributed by atoms with van der Waals surface area (Å²) in [5, 5.41) is 0. The Morgan fingerprint density at radius 2 is 1.93 bits per heavy atom. The van der Waals surface area contributed by atoms with Gasteiger partial charge in [-0.3, -0.25) is 0 Å². The van der Waals surface area contributed by atoms with Crippen molar-refractivity contribution in [2.45, 2.75) is 6.04 Å². The van der Waals surface area contributed by atoms with Gasteiger partial charge in [0, 0.05) is 12.7 Å². The maximum Gasteiger partial charge on any atom is 0.165 e. The van der Waals surface area contributed by atoms with Crippen molar-refractivity contribution in [2.24, 2.45) is 5.73 Å². The van der Waals surface area contributed by atoms with Crippen molar-refractivity contribution in [3.8, 4) is 11.5 Å². The summed E-state index contributed by atoms with van der Waals surface area (Å²) >= 11 is 0. The summed E-state index contributed by atoms with van der Waals surface area (Å²) in [6, 6.07) is 5.42. The van der Waals surface area contributed by atoms with Crippen molar-refractivity contribution < 1.29 is 14.2 Å². The molecule has 0 amide bonds. The molecule has 1 aromatic carbocycles. The molecule has 1 rings (SSSR count). The number of nitrogens with two attached hydrogens (primary N) is 1. The standard InChI is InChI=1S/C11H17NO3/c1-13-7-9(12)8-5-4-6-10(14-2)11(8)15-3/h4-6,9H,7,12H2,1-3H3. The van der Waals surface area contributed by atoms with Crippen LogP contribution in [0.3, 0.4) is 0 Å². The van der Waals surface area contributed by atoms with Gasteiger partial charge in [0.05, 0.1) is 26.9 Å². The van der Waals surface area contributed by atoms with Crippen molar-refractivity contribution in [2.75, 3.05) is 27.9 Å². The highest BCUT2D eigenvalue weighted by atomic mass is 16.5. The second-order valence-corrected chi connectivity index (χ2v) is 3.14. The zero-order chi connectivity index (χ0) is 11.3. The number of hydrogen-bond donors (Lipinski definition) is 1. The Balaban J connectivity index is 3.05. The van der Waals surface area contributed by atoms with Crippen LogP contribution >= 0.6 is 0 Å². The topological polar surface area (TPSA) is 53.7 Å². The van der Waals surface area contributed by atoms with Crippen molar-refractivity contribution in [3.05, 3.63) is 23.8 Å². The lowest BCUT2D eigenvalue weighted by Gasteiger charge is -2.16. The smallest absolute Gasteiger partial charge is 0.165 e. The summed E-state index contributed by atoms with van der Waals surface area (Å²) in [5.41, 5.74) is 6.83. The van der Waals surface area contributed by atoms with Gasteiger partial charge < -0.3 is 19.9 Å². The zero-order valence-corrected chi connectivity index (χ0v) is 9.32. The Morgan fingerprint density at radius 3 is 2.47 bits per heavy atom. The van der Waals surface area contributed by atoms with Crippen LogP contribution in [0.25, 0.3) is 0 Å². The molecule has 0 aromatic heterocycles. The Bertz CT molecular complexity index is 315. The van der Waals surface area contributed by atoms with Gasteiger partial charge in [0.15, 0.2) is 11.5 Å². The van der Waals surface area contributed by atoms with E-state index in [1.54, 1.807) is 21.3 Å². The van der Waals surface area contributed by atoms with Gasteiger partial charge in [0.2, 0.25) is 0 Å². The number of rotatable bonds is 5. The quantitative estimate of drug-likeness (QED) is 0.798. The first-order valence-corrected chi connectivity index (χ1v) is 4.70. The van der Waals surface area contributed by atoms with Crippen LogP contribution in [0.1, 0.15) is 11.6 Å². The van der Waals surface area contributed by atoms with Gasteiger partial charge in [-0.05, 0) is 6.07 Å². The molecular formula is C11H17NO3. The largest absolute Gasteiger partial charge is 0.493 e. The molecule has 0 aliphatic heterocycles. The number of benzene rings is 1. The third-order valence-electron chi connectivity index (χ3n) is 2.18. The molecule has 0 aliphatic rings. The highest BCUT2D eigenvalue weighted by Crippen LogP contribution is 2.33. The Kier molecular flexibility index (Phi) is 4.39. The Morgan fingerprint density at radius 1 is 1.20 bits per heavy atom. The fourth-order valence-corrected chi connectivity index (χ4v) is 1.47. The molecule has 0 bridgehead atoms. The third-order valence-corrected chi connectivity index (χ3v) is 2.18. The van der Waals surface area contributed by atoms with E-state index in [4.69, 9.17) is 19.9 Å². The monoisotopic (exact) mass is 211 g/mol. The first-order valence-electron chi connectivity index (χ1n) is 4.70. The minimum Gasteiger partial charge on any atom is -0.493 e. The highest BCUT2D eigenvalue weighted by molar-refractivity contribution is 5.48. The lowest BCUT2D eigenvalue weighted by Crippen LogP contribution is -2.17. The minimum atomic E-state index is -0.208. The molecule has 0 heterocycles. The van der Waals surface area contributed by atoms with Gasteiger partial charge in [0.25, 0.3) is 0 Å². The van der Waals surface area contributed by atoms with Crippen LogP contribution in [-0.4, -0.2) is 27.9 Å². The molecule has 0 spiro atoms. The molecule has 4 nitrogen and oxygen atoms in total. The molecular weight excluding hydrogens is 194 g/mol. The van der Waals surface area contributed by atoms with E-state index in [9.17, 15) is 0 Å². The summed E-state index contributed by atoms with van der Waals surface area (Å²) in [6.45, 7) is 0.448. The molecule has 15 heavy (non-hydrogen) atoms. The van der Waals surface area contributed by atoms with E-state index in [2.05, 4.69) is 0 Å². The van der Waals surface area contributed by atoms with Gasteiger partial charge in [-0.2, -0.15) is 0 Å². The summed E-state index contributed by atoms with van der Waals surface area (Å²) < 4.78 is 15.5. The van der Waals surface area contributed by atoms with E-state index >= 15 is 0 Å². The van der Waals surface area contributed by atoms with Crippen molar-refractivity contribution in [1.29, 1.82) is 0 Å². The molecule has 1 unspecified atom stereocenters. The van der Waals surface area contributed by atoms with E-state index in [-0.39, 0.29) is 6.04 Å². The van der Waals surface area contributed by atoms with E-state index in [0.717, 1.165) is 5.56 Å². The van der Waals surface area contributed by atoms with Gasteiger partial charge in [-0.25, -0.2) is 0 Å². The van der Waals surface area contributed by atoms with Crippen LogP contribution in [0.15, 0.2) is 18.2 Å². The average molecular weight is 211 g/mol. The van der Waals surface area contributed by atoms with Crippen LogP contribution < -0.4 is 15.2 Å². The van der Waals surface area contributed by atoms with E-state index in [1.807, 2.05) is 18.2 Å². The lowest BCUT2D eigenvalue weighted by molar-refractivity contribution is 0.179. The fraction of sp³-hybridized carbons (Fsp3) is 0.455. The average Bonchev–Trinajstić information content (AvgIpc) is 2.28. The van der Waals surface area contributed by atoms with Crippen molar-refractivity contribution in [3.63, 3.8) is 0 Å². The molecule has 0 aliphatic carbocycles. The molecule has 1 atom stereocenters.